The minimum atomic E-state index is -2.26. The summed E-state index contributed by atoms with van der Waals surface area (Å²) in [6.07, 6.45) is -0.823. The third kappa shape index (κ3) is 4.44. The molecule has 0 spiro atoms. The van der Waals surface area contributed by atoms with Crippen LogP contribution in [0, 0.1) is 0 Å². The van der Waals surface area contributed by atoms with Gasteiger partial charge in [-0.15, -0.1) is 11.3 Å². The first-order valence-corrected chi connectivity index (χ1v) is 7.77. The van der Waals surface area contributed by atoms with Gasteiger partial charge >= 0.3 is 12.1 Å². The molecule has 0 radical (unpaired) electrons. The number of thiophene rings is 1. The maximum absolute atomic E-state index is 11.7. The van der Waals surface area contributed by atoms with Crippen LogP contribution in [-0.4, -0.2) is 28.8 Å². The SMILES string of the molecule is O=C(NCC(O)(C(=O)O)c1ccc(Cl)s1)OCc1ccccc1. The van der Waals surface area contributed by atoms with Gasteiger partial charge in [0.1, 0.15) is 6.61 Å². The fourth-order valence-electron chi connectivity index (χ4n) is 1.78. The van der Waals surface area contributed by atoms with Crippen molar-refractivity contribution in [3.8, 4) is 0 Å². The summed E-state index contributed by atoms with van der Waals surface area (Å²) in [5, 5.41) is 21.8. The summed E-state index contributed by atoms with van der Waals surface area (Å²) in [6.45, 7) is -0.490. The lowest BCUT2D eigenvalue weighted by Gasteiger charge is -2.22. The van der Waals surface area contributed by atoms with Gasteiger partial charge in [-0.2, -0.15) is 0 Å². The number of hydrogen-bond donors (Lipinski definition) is 3. The summed E-state index contributed by atoms with van der Waals surface area (Å²) in [6, 6.07) is 11.9. The summed E-state index contributed by atoms with van der Waals surface area (Å²) in [7, 11) is 0. The summed E-state index contributed by atoms with van der Waals surface area (Å²) < 4.78 is 5.31. The molecular weight excluding hydrogens is 342 g/mol. The minimum Gasteiger partial charge on any atom is -0.479 e. The normalized spacial score (nSPS) is 13.1. The number of carbonyl (C=O) groups is 2. The van der Waals surface area contributed by atoms with Gasteiger partial charge in [0.2, 0.25) is 5.60 Å². The van der Waals surface area contributed by atoms with E-state index < -0.39 is 24.2 Å². The smallest absolute Gasteiger partial charge is 0.407 e. The molecular formula is C15H14ClNO5S. The standard InChI is InChI=1S/C15H14ClNO5S/c16-12-7-6-11(23-12)15(21,13(18)19)9-17-14(20)22-8-10-4-2-1-3-5-10/h1-7,21H,8-9H2,(H,17,20)(H,18,19). The molecule has 2 rings (SSSR count). The van der Waals surface area contributed by atoms with E-state index in [9.17, 15) is 19.8 Å². The van der Waals surface area contributed by atoms with Crippen molar-refractivity contribution >= 4 is 35.0 Å². The van der Waals surface area contributed by atoms with Gasteiger partial charge in [-0.05, 0) is 17.7 Å². The summed E-state index contributed by atoms with van der Waals surface area (Å²) in [5.41, 5.74) is -1.47. The van der Waals surface area contributed by atoms with Crippen molar-refractivity contribution in [3.63, 3.8) is 0 Å². The highest BCUT2D eigenvalue weighted by Crippen LogP contribution is 2.31. The Balaban J connectivity index is 1.94. The summed E-state index contributed by atoms with van der Waals surface area (Å²) in [4.78, 5) is 23.1. The first-order chi connectivity index (χ1) is 10.9. The Morgan fingerprint density at radius 1 is 1.22 bits per heavy atom. The van der Waals surface area contributed by atoms with Crippen molar-refractivity contribution in [2.45, 2.75) is 12.2 Å². The lowest BCUT2D eigenvalue weighted by Crippen LogP contribution is -2.46. The Morgan fingerprint density at radius 3 is 2.48 bits per heavy atom. The van der Waals surface area contributed by atoms with Gasteiger partial charge in [0, 0.05) is 0 Å². The van der Waals surface area contributed by atoms with E-state index in [-0.39, 0.29) is 11.5 Å². The van der Waals surface area contributed by atoms with Crippen molar-refractivity contribution < 1.29 is 24.5 Å². The highest BCUT2D eigenvalue weighted by atomic mass is 35.5. The second-order valence-corrected chi connectivity index (χ2v) is 6.40. The number of nitrogens with one attached hydrogen (secondary N) is 1. The number of carboxylic acid groups (broad SMARTS) is 1. The van der Waals surface area contributed by atoms with Crippen LogP contribution in [0.1, 0.15) is 10.4 Å². The molecule has 1 aromatic carbocycles. The molecule has 0 fully saturated rings. The lowest BCUT2D eigenvalue weighted by atomic mass is 10.0. The molecule has 122 valence electrons. The number of hydrogen-bond acceptors (Lipinski definition) is 5. The van der Waals surface area contributed by atoms with E-state index in [4.69, 9.17) is 16.3 Å². The summed E-state index contributed by atoms with van der Waals surface area (Å²) >= 11 is 6.68. The molecule has 1 aromatic heterocycles. The van der Waals surface area contributed by atoms with Crippen LogP contribution in [0.5, 0.6) is 0 Å². The fourth-order valence-corrected chi connectivity index (χ4v) is 2.90. The topological polar surface area (TPSA) is 95.9 Å². The first-order valence-electron chi connectivity index (χ1n) is 6.58. The number of halogens is 1. The number of benzene rings is 1. The average molecular weight is 356 g/mol. The molecule has 8 heteroatoms. The van der Waals surface area contributed by atoms with Crippen molar-refractivity contribution in [1.29, 1.82) is 0 Å². The van der Waals surface area contributed by atoms with Gasteiger partial charge in [-0.3, -0.25) is 0 Å². The Bertz CT molecular complexity index is 690. The molecule has 0 saturated carbocycles. The molecule has 0 aliphatic heterocycles. The zero-order valence-corrected chi connectivity index (χ0v) is 13.4. The Kier molecular flexibility index (Phi) is 5.59. The maximum atomic E-state index is 11.7. The van der Waals surface area contributed by atoms with E-state index in [0.717, 1.165) is 16.9 Å². The van der Waals surface area contributed by atoms with Crippen molar-refractivity contribution in [2.24, 2.45) is 0 Å². The molecule has 0 saturated heterocycles. The third-order valence-electron chi connectivity index (χ3n) is 3.04. The van der Waals surface area contributed by atoms with Crippen molar-refractivity contribution in [3.05, 3.63) is 57.2 Å². The maximum Gasteiger partial charge on any atom is 0.407 e. The van der Waals surface area contributed by atoms with Gasteiger partial charge in [0.05, 0.1) is 15.8 Å². The van der Waals surface area contributed by atoms with E-state index >= 15 is 0 Å². The quantitative estimate of drug-likeness (QED) is 0.740. The average Bonchev–Trinajstić information content (AvgIpc) is 2.98. The predicted octanol–water partition coefficient (Wildman–Crippen LogP) is 2.60. The van der Waals surface area contributed by atoms with Crippen LogP contribution in [0.25, 0.3) is 0 Å². The van der Waals surface area contributed by atoms with Gasteiger partial charge in [0.25, 0.3) is 0 Å². The molecule has 1 unspecified atom stereocenters. The molecule has 1 atom stereocenters. The highest BCUT2D eigenvalue weighted by molar-refractivity contribution is 7.16. The fraction of sp³-hybridized carbons (Fsp3) is 0.200. The molecule has 0 aliphatic carbocycles. The number of aliphatic hydroxyl groups is 1. The molecule has 3 N–H and O–H groups in total. The summed E-state index contributed by atoms with van der Waals surface area (Å²) in [5.74, 6) is -1.49. The number of aliphatic carboxylic acids is 1. The van der Waals surface area contributed by atoms with Gasteiger partial charge in [-0.25, -0.2) is 9.59 Å². The number of carbonyl (C=O) groups excluding carboxylic acids is 1. The number of rotatable bonds is 6. The zero-order valence-electron chi connectivity index (χ0n) is 11.9. The number of carboxylic acids is 1. The third-order valence-corrected chi connectivity index (χ3v) is 4.42. The number of ether oxygens (including phenoxy) is 1. The minimum absolute atomic E-state index is 0.0446. The number of amides is 1. The predicted molar refractivity (Wildman–Crippen MR) is 85.5 cm³/mol. The molecule has 1 amide bonds. The molecule has 0 bridgehead atoms. The Labute approximate surface area is 141 Å². The molecule has 23 heavy (non-hydrogen) atoms. The van der Waals surface area contributed by atoms with E-state index in [1.165, 1.54) is 12.1 Å². The monoisotopic (exact) mass is 355 g/mol. The Morgan fingerprint density at radius 2 is 1.91 bits per heavy atom. The van der Waals surface area contributed by atoms with Crippen LogP contribution in [0.2, 0.25) is 4.34 Å². The van der Waals surface area contributed by atoms with E-state index in [0.29, 0.717) is 4.34 Å². The molecule has 0 aliphatic rings. The first kappa shape index (κ1) is 17.3. The van der Waals surface area contributed by atoms with Crippen molar-refractivity contribution in [1.82, 2.24) is 5.32 Å². The van der Waals surface area contributed by atoms with Crippen LogP contribution in [-0.2, 0) is 21.7 Å². The van der Waals surface area contributed by atoms with E-state index in [1.54, 1.807) is 24.3 Å². The van der Waals surface area contributed by atoms with Crippen molar-refractivity contribution in [2.75, 3.05) is 6.54 Å². The number of alkyl carbamates (subject to hydrolysis) is 1. The van der Waals surface area contributed by atoms with Crippen LogP contribution < -0.4 is 5.32 Å². The van der Waals surface area contributed by atoms with E-state index in [2.05, 4.69) is 5.32 Å². The molecule has 2 aromatic rings. The van der Waals surface area contributed by atoms with Crippen LogP contribution >= 0.6 is 22.9 Å². The zero-order chi connectivity index (χ0) is 16.9. The Hall–Kier alpha value is -2.09. The lowest BCUT2D eigenvalue weighted by molar-refractivity contribution is -0.158. The van der Waals surface area contributed by atoms with Crippen LogP contribution in [0.3, 0.4) is 0 Å². The van der Waals surface area contributed by atoms with Gasteiger partial charge in [-0.1, -0.05) is 41.9 Å². The second-order valence-electron chi connectivity index (χ2n) is 4.68. The second kappa shape index (κ2) is 7.45. The van der Waals surface area contributed by atoms with Gasteiger partial charge < -0.3 is 20.3 Å². The van der Waals surface area contributed by atoms with Crippen LogP contribution in [0.4, 0.5) is 4.79 Å². The molecule has 1 heterocycles. The van der Waals surface area contributed by atoms with Crippen LogP contribution in [0.15, 0.2) is 42.5 Å². The largest absolute Gasteiger partial charge is 0.479 e. The highest BCUT2D eigenvalue weighted by Gasteiger charge is 2.40. The van der Waals surface area contributed by atoms with E-state index in [1.807, 2.05) is 6.07 Å². The molecule has 6 nitrogen and oxygen atoms in total. The van der Waals surface area contributed by atoms with Gasteiger partial charge in [0.15, 0.2) is 0 Å².